The third-order valence-electron chi connectivity index (χ3n) is 4.70. The summed E-state index contributed by atoms with van der Waals surface area (Å²) in [4.78, 5) is 12.6. The molecule has 0 spiro atoms. The van der Waals surface area contributed by atoms with Crippen LogP contribution in [0.2, 0.25) is 0 Å². The molecule has 0 atom stereocenters. The number of rotatable bonds is 7. The number of hydrogen-bond donors (Lipinski definition) is 1. The summed E-state index contributed by atoms with van der Waals surface area (Å²) in [5.74, 6) is 0.160. The second-order valence-electron chi connectivity index (χ2n) is 6.83. The lowest BCUT2D eigenvalue weighted by Gasteiger charge is -2.19. The van der Waals surface area contributed by atoms with Crippen molar-refractivity contribution in [1.82, 2.24) is 10.2 Å². The molecular weight excluding hydrogens is 378 g/mol. The van der Waals surface area contributed by atoms with E-state index in [4.69, 9.17) is 9.15 Å². The lowest BCUT2D eigenvalue weighted by atomic mass is 10.0. The number of aryl methyl sites for hydroxylation is 1. The summed E-state index contributed by atoms with van der Waals surface area (Å²) >= 11 is 0. The van der Waals surface area contributed by atoms with E-state index in [1.165, 1.54) is 6.39 Å². The Labute approximate surface area is 174 Å². The van der Waals surface area contributed by atoms with Crippen LogP contribution in [0.25, 0.3) is 11.5 Å². The lowest BCUT2D eigenvalue weighted by Crippen LogP contribution is -2.21. The fourth-order valence-corrected chi connectivity index (χ4v) is 3.17. The van der Waals surface area contributed by atoms with Gasteiger partial charge in [-0.25, -0.2) is 0 Å². The number of benzene rings is 3. The highest BCUT2D eigenvalue weighted by atomic mass is 16.5. The molecule has 0 aliphatic heterocycles. The number of ether oxygens (including phenoxy) is 1. The molecule has 6 nitrogen and oxygen atoms in total. The highest BCUT2D eigenvalue weighted by molar-refractivity contribution is 5.93. The van der Waals surface area contributed by atoms with Gasteiger partial charge in [-0.15, -0.1) is 10.2 Å². The van der Waals surface area contributed by atoms with E-state index in [0.29, 0.717) is 11.6 Å². The van der Waals surface area contributed by atoms with Gasteiger partial charge in [-0.05, 0) is 35.7 Å². The number of anilines is 1. The monoisotopic (exact) mass is 399 g/mol. The van der Waals surface area contributed by atoms with Crippen LogP contribution in [-0.2, 0) is 9.53 Å². The van der Waals surface area contributed by atoms with Crippen LogP contribution in [-0.4, -0.2) is 22.7 Å². The summed E-state index contributed by atoms with van der Waals surface area (Å²) in [6.07, 6.45) is 0.943. The maximum atomic E-state index is 12.6. The van der Waals surface area contributed by atoms with Gasteiger partial charge in [0.25, 0.3) is 0 Å². The quantitative estimate of drug-likeness (QED) is 0.483. The minimum Gasteiger partial charge on any atom is -0.423 e. The van der Waals surface area contributed by atoms with E-state index in [1.807, 2.05) is 85.8 Å². The SMILES string of the molecule is Cc1ccc(-c2nnco2)cc1NC(=O)COC(c1ccccc1)c1ccccc1. The number of amides is 1. The van der Waals surface area contributed by atoms with E-state index in [9.17, 15) is 4.79 Å². The van der Waals surface area contributed by atoms with Crippen molar-refractivity contribution >= 4 is 11.6 Å². The molecule has 1 heterocycles. The number of nitrogens with one attached hydrogen (secondary N) is 1. The molecule has 0 radical (unpaired) electrons. The summed E-state index contributed by atoms with van der Waals surface area (Å²) in [5, 5.41) is 10.5. The highest BCUT2D eigenvalue weighted by Crippen LogP contribution is 2.27. The summed E-state index contributed by atoms with van der Waals surface area (Å²) < 4.78 is 11.3. The van der Waals surface area contributed by atoms with Crippen molar-refractivity contribution in [2.24, 2.45) is 0 Å². The molecule has 0 unspecified atom stereocenters. The normalized spacial score (nSPS) is 10.9. The molecule has 0 aliphatic rings. The standard InChI is InChI=1S/C24H21N3O3/c1-17-12-13-20(24-27-25-16-30-24)14-21(17)26-22(28)15-29-23(18-8-4-2-5-9-18)19-10-6-3-7-11-19/h2-14,16,23H,15H2,1H3,(H,26,28). The van der Waals surface area contributed by atoms with Gasteiger partial charge in [0, 0.05) is 11.3 Å². The Bertz CT molecular complexity index is 1060. The van der Waals surface area contributed by atoms with Gasteiger partial charge in [0.2, 0.25) is 18.2 Å². The van der Waals surface area contributed by atoms with Crippen molar-refractivity contribution in [3.63, 3.8) is 0 Å². The second-order valence-corrected chi connectivity index (χ2v) is 6.83. The average Bonchev–Trinajstić information content (AvgIpc) is 3.32. The number of hydrogen-bond acceptors (Lipinski definition) is 5. The van der Waals surface area contributed by atoms with Crippen LogP contribution in [0.4, 0.5) is 5.69 Å². The van der Waals surface area contributed by atoms with Gasteiger partial charge in [0.05, 0.1) is 0 Å². The lowest BCUT2D eigenvalue weighted by molar-refractivity contribution is -0.121. The molecule has 0 fully saturated rings. The van der Waals surface area contributed by atoms with E-state index in [1.54, 1.807) is 0 Å². The Hall–Kier alpha value is -3.77. The average molecular weight is 399 g/mol. The molecule has 1 aromatic heterocycles. The Morgan fingerprint density at radius 3 is 2.27 bits per heavy atom. The third kappa shape index (κ3) is 4.61. The molecule has 30 heavy (non-hydrogen) atoms. The molecular formula is C24H21N3O3. The Morgan fingerprint density at radius 1 is 1.00 bits per heavy atom. The van der Waals surface area contributed by atoms with Crippen LogP contribution < -0.4 is 5.32 Å². The fourth-order valence-electron chi connectivity index (χ4n) is 3.17. The van der Waals surface area contributed by atoms with Crippen molar-refractivity contribution in [1.29, 1.82) is 0 Å². The zero-order chi connectivity index (χ0) is 20.8. The fraction of sp³-hybridized carbons (Fsp3) is 0.125. The molecule has 0 saturated heterocycles. The molecule has 4 aromatic rings. The van der Waals surface area contributed by atoms with Crippen molar-refractivity contribution < 1.29 is 13.9 Å². The molecule has 6 heteroatoms. The van der Waals surface area contributed by atoms with Crippen molar-refractivity contribution in [3.8, 4) is 11.5 Å². The number of carbonyl (C=O) groups is 1. The van der Waals surface area contributed by atoms with E-state index in [2.05, 4.69) is 15.5 Å². The summed E-state index contributed by atoms with van der Waals surface area (Å²) in [5.41, 5.74) is 4.32. The first-order valence-electron chi connectivity index (χ1n) is 9.59. The predicted molar refractivity (Wildman–Crippen MR) is 114 cm³/mol. The number of carbonyl (C=O) groups excluding carboxylic acids is 1. The predicted octanol–water partition coefficient (Wildman–Crippen LogP) is 4.79. The molecule has 3 aromatic carbocycles. The maximum Gasteiger partial charge on any atom is 0.250 e. The van der Waals surface area contributed by atoms with Crippen molar-refractivity contribution in [3.05, 3.63) is 102 Å². The van der Waals surface area contributed by atoms with Crippen LogP contribution in [0.3, 0.4) is 0 Å². The molecule has 1 N–H and O–H groups in total. The maximum absolute atomic E-state index is 12.6. The topological polar surface area (TPSA) is 77.3 Å². The van der Waals surface area contributed by atoms with Crippen LogP contribution in [0.1, 0.15) is 22.8 Å². The van der Waals surface area contributed by atoms with Crippen LogP contribution >= 0.6 is 0 Å². The van der Waals surface area contributed by atoms with Gasteiger partial charge in [-0.2, -0.15) is 0 Å². The van der Waals surface area contributed by atoms with Gasteiger partial charge in [-0.1, -0.05) is 66.7 Å². The Morgan fingerprint density at radius 2 is 1.67 bits per heavy atom. The minimum absolute atomic E-state index is 0.0846. The van der Waals surface area contributed by atoms with Gasteiger partial charge >= 0.3 is 0 Å². The first-order valence-corrected chi connectivity index (χ1v) is 9.59. The van der Waals surface area contributed by atoms with Crippen molar-refractivity contribution in [2.75, 3.05) is 11.9 Å². The zero-order valence-electron chi connectivity index (χ0n) is 16.5. The first-order chi connectivity index (χ1) is 14.7. The van der Waals surface area contributed by atoms with Gasteiger partial charge in [0.15, 0.2) is 0 Å². The van der Waals surface area contributed by atoms with Gasteiger partial charge in [-0.3, -0.25) is 4.79 Å². The Kier molecular flexibility index (Phi) is 5.96. The molecule has 0 aliphatic carbocycles. The molecule has 0 bridgehead atoms. The number of nitrogens with zero attached hydrogens (tertiary/aromatic N) is 2. The molecule has 4 rings (SSSR count). The van der Waals surface area contributed by atoms with Crippen LogP contribution in [0, 0.1) is 6.92 Å². The summed E-state index contributed by atoms with van der Waals surface area (Å²) in [6.45, 7) is 1.84. The first kappa shape index (κ1) is 19.5. The summed E-state index contributed by atoms with van der Waals surface area (Å²) in [6, 6.07) is 25.3. The molecule has 1 amide bonds. The smallest absolute Gasteiger partial charge is 0.250 e. The third-order valence-corrected chi connectivity index (χ3v) is 4.70. The Balaban J connectivity index is 1.48. The minimum atomic E-state index is -0.330. The van der Waals surface area contributed by atoms with Crippen LogP contribution in [0.15, 0.2) is 89.7 Å². The van der Waals surface area contributed by atoms with E-state index in [0.717, 1.165) is 22.3 Å². The van der Waals surface area contributed by atoms with Gasteiger partial charge < -0.3 is 14.5 Å². The second kappa shape index (κ2) is 9.15. The van der Waals surface area contributed by atoms with Crippen LogP contribution in [0.5, 0.6) is 0 Å². The highest BCUT2D eigenvalue weighted by Gasteiger charge is 2.17. The van der Waals surface area contributed by atoms with Crippen molar-refractivity contribution in [2.45, 2.75) is 13.0 Å². The van der Waals surface area contributed by atoms with E-state index < -0.39 is 0 Å². The molecule has 0 saturated carbocycles. The molecule has 150 valence electrons. The van der Waals surface area contributed by atoms with Gasteiger partial charge in [0.1, 0.15) is 12.7 Å². The van der Waals surface area contributed by atoms with E-state index >= 15 is 0 Å². The number of aromatic nitrogens is 2. The zero-order valence-corrected chi connectivity index (χ0v) is 16.5. The largest absolute Gasteiger partial charge is 0.423 e. The summed E-state index contributed by atoms with van der Waals surface area (Å²) in [7, 11) is 0. The van der Waals surface area contributed by atoms with E-state index in [-0.39, 0.29) is 18.6 Å².